The van der Waals surface area contributed by atoms with Crippen LogP contribution in [-0.4, -0.2) is 31.4 Å². The van der Waals surface area contributed by atoms with Crippen LogP contribution in [0, 0.1) is 5.92 Å². The van der Waals surface area contributed by atoms with E-state index in [1.54, 1.807) is 29.5 Å². The number of carbonyl (C=O) groups excluding carboxylic acids is 2. The summed E-state index contributed by atoms with van der Waals surface area (Å²) in [5.74, 6) is 0.547. The lowest BCUT2D eigenvalue weighted by Gasteiger charge is -2.22. The molecule has 0 saturated carbocycles. The van der Waals surface area contributed by atoms with Gasteiger partial charge in [-0.05, 0) is 80.8 Å². The van der Waals surface area contributed by atoms with Crippen LogP contribution in [0.2, 0.25) is 0 Å². The Morgan fingerprint density at radius 1 is 1.21 bits per heavy atom. The van der Waals surface area contributed by atoms with E-state index < -0.39 is 0 Å². The van der Waals surface area contributed by atoms with Gasteiger partial charge in [0.15, 0.2) is 0 Å². The lowest BCUT2D eigenvalue weighted by atomic mass is 9.96. The number of piperidine rings is 1. The average molecular weight is 400 g/mol. The molecule has 2 heterocycles. The Hall–Kier alpha value is -2.18. The second kappa shape index (κ2) is 11.0. The monoisotopic (exact) mass is 399 g/mol. The van der Waals surface area contributed by atoms with Crippen molar-refractivity contribution in [1.82, 2.24) is 10.6 Å². The predicted molar refractivity (Wildman–Crippen MR) is 115 cm³/mol. The first-order chi connectivity index (χ1) is 13.7. The molecule has 1 aliphatic heterocycles. The normalized spacial score (nSPS) is 16.5. The number of carbonyl (C=O) groups is 2. The Kier molecular flexibility index (Phi) is 8.06. The summed E-state index contributed by atoms with van der Waals surface area (Å²) in [6.07, 6.45) is 5.67. The number of amides is 2. The van der Waals surface area contributed by atoms with Crippen LogP contribution in [0.3, 0.4) is 0 Å². The van der Waals surface area contributed by atoms with Crippen molar-refractivity contribution in [2.75, 3.05) is 25.0 Å². The largest absolute Gasteiger partial charge is 0.352 e. The highest BCUT2D eigenvalue weighted by Gasteiger charge is 2.13. The van der Waals surface area contributed by atoms with Crippen molar-refractivity contribution in [3.05, 3.63) is 52.2 Å². The molecular weight excluding hydrogens is 370 g/mol. The predicted octanol–water partition coefficient (Wildman–Crippen LogP) is 3.83. The second-order valence-corrected chi connectivity index (χ2v) is 8.35. The SMILES string of the molecule is O=C(CCCc1cccs1)Nc1cccc(C(=O)NCCC2CCCNC2)c1. The van der Waals surface area contributed by atoms with Crippen molar-refractivity contribution >= 4 is 28.8 Å². The van der Waals surface area contributed by atoms with Crippen molar-refractivity contribution in [3.63, 3.8) is 0 Å². The van der Waals surface area contributed by atoms with Crippen molar-refractivity contribution in [1.29, 1.82) is 0 Å². The Morgan fingerprint density at radius 3 is 2.93 bits per heavy atom. The molecule has 5 nitrogen and oxygen atoms in total. The van der Waals surface area contributed by atoms with E-state index in [9.17, 15) is 9.59 Å². The number of aryl methyl sites for hydroxylation is 1. The van der Waals surface area contributed by atoms with Crippen LogP contribution in [-0.2, 0) is 11.2 Å². The zero-order chi connectivity index (χ0) is 19.6. The molecule has 3 N–H and O–H groups in total. The Morgan fingerprint density at radius 2 is 2.14 bits per heavy atom. The third kappa shape index (κ3) is 6.77. The Bertz CT molecular complexity index is 755. The van der Waals surface area contributed by atoms with Crippen LogP contribution in [0.5, 0.6) is 0 Å². The van der Waals surface area contributed by atoms with Gasteiger partial charge in [0.05, 0.1) is 0 Å². The Labute approximate surface area is 170 Å². The van der Waals surface area contributed by atoms with Gasteiger partial charge in [0.1, 0.15) is 0 Å². The fourth-order valence-corrected chi connectivity index (χ4v) is 4.25. The molecule has 6 heteroatoms. The highest BCUT2D eigenvalue weighted by Crippen LogP contribution is 2.15. The van der Waals surface area contributed by atoms with Crippen LogP contribution in [0.4, 0.5) is 5.69 Å². The van der Waals surface area contributed by atoms with Crippen LogP contribution in [0.25, 0.3) is 0 Å². The number of rotatable bonds is 9. The van der Waals surface area contributed by atoms with Crippen LogP contribution in [0.15, 0.2) is 41.8 Å². The molecule has 28 heavy (non-hydrogen) atoms. The van der Waals surface area contributed by atoms with Gasteiger partial charge in [-0.25, -0.2) is 0 Å². The first-order valence-corrected chi connectivity index (χ1v) is 11.0. The molecule has 150 valence electrons. The summed E-state index contributed by atoms with van der Waals surface area (Å²) in [6.45, 7) is 2.84. The number of anilines is 1. The Balaban J connectivity index is 1.40. The lowest BCUT2D eigenvalue weighted by Crippen LogP contribution is -2.33. The molecule has 2 aromatic rings. The van der Waals surface area contributed by atoms with Gasteiger partial charge < -0.3 is 16.0 Å². The summed E-state index contributed by atoms with van der Waals surface area (Å²) in [5.41, 5.74) is 1.25. The molecular formula is C22H29N3O2S. The average Bonchev–Trinajstić information content (AvgIpc) is 3.22. The van der Waals surface area contributed by atoms with E-state index in [4.69, 9.17) is 0 Å². The van der Waals surface area contributed by atoms with Gasteiger partial charge >= 0.3 is 0 Å². The maximum absolute atomic E-state index is 12.4. The lowest BCUT2D eigenvalue weighted by molar-refractivity contribution is -0.116. The van der Waals surface area contributed by atoms with Crippen molar-refractivity contribution in [2.24, 2.45) is 5.92 Å². The quantitative estimate of drug-likeness (QED) is 0.600. The van der Waals surface area contributed by atoms with E-state index in [-0.39, 0.29) is 11.8 Å². The maximum atomic E-state index is 12.4. The summed E-state index contributed by atoms with van der Waals surface area (Å²) in [4.78, 5) is 25.8. The summed E-state index contributed by atoms with van der Waals surface area (Å²) >= 11 is 1.72. The summed E-state index contributed by atoms with van der Waals surface area (Å²) < 4.78 is 0. The van der Waals surface area contributed by atoms with E-state index >= 15 is 0 Å². The number of hydrogen-bond donors (Lipinski definition) is 3. The fraction of sp³-hybridized carbons (Fsp3) is 0.455. The number of hydrogen-bond acceptors (Lipinski definition) is 4. The molecule has 3 rings (SSSR count). The summed E-state index contributed by atoms with van der Waals surface area (Å²) in [7, 11) is 0. The van der Waals surface area contributed by atoms with Gasteiger partial charge in [-0.3, -0.25) is 9.59 Å². The fourth-order valence-electron chi connectivity index (χ4n) is 3.50. The smallest absolute Gasteiger partial charge is 0.251 e. The molecule has 1 atom stereocenters. The standard InChI is InChI=1S/C22H29N3O2S/c26-21(10-2-8-20-9-4-14-28-20)25-19-7-1-6-18(15-19)22(27)24-13-11-17-5-3-12-23-16-17/h1,4,6-7,9,14-15,17,23H,2-3,5,8,10-13,16H2,(H,24,27)(H,25,26). The first kappa shape index (κ1) is 20.6. The van der Waals surface area contributed by atoms with Gasteiger partial charge in [0.25, 0.3) is 5.91 Å². The summed E-state index contributed by atoms with van der Waals surface area (Å²) in [5, 5.41) is 11.4. The number of thiophene rings is 1. The van der Waals surface area contributed by atoms with Crippen LogP contribution >= 0.6 is 11.3 Å². The topological polar surface area (TPSA) is 70.2 Å². The third-order valence-corrected chi connectivity index (χ3v) is 5.99. The van der Waals surface area contributed by atoms with Crippen molar-refractivity contribution in [3.8, 4) is 0 Å². The molecule has 1 aliphatic rings. The van der Waals surface area contributed by atoms with Gasteiger partial charge in [-0.2, -0.15) is 0 Å². The van der Waals surface area contributed by atoms with Gasteiger partial charge in [0, 0.05) is 29.1 Å². The molecule has 0 bridgehead atoms. The summed E-state index contributed by atoms with van der Waals surface area (Å²) in [6, 6.07) is 11.3. The van der Waals surface area contributed by atoms with E-state index in [1.165, 1.54) is 17.7 Å². The van der Waals surface area contributed by atoms with Gasteiger partial charge in [-0.1, -0.05) is 12.1 Å². The molecule has 1 aromatic heterocycles. The molecule has 0 aliphatic carbocycles. The van der Waals surface area contributed by atoms with Crippen LogP contribution < -0.4 is 16.0 Å². The van der Waals surface area contributed by atoms with Gasteiger partial charge in [0.2, 0.25) is 5.91 Å². The second-order valence-electron chi connectivity index (χ2n) is 7.32. The zero-order valence-electron chi connectivity index (χ0n) is 16.2. The van der Waals surface area contributed by atoms with Crippen LogP contribution in [0.1, 0.15) is 47.3 Å². The molecule has 1 fully saturated rings. The zero-order valence-corrected chi connectivity index (χ0v) is 17.0. The first-order valence-electron chi connectivity index (χ1n) is 10.1. The minimum atomic E-state index is -0.0856. The molecule has 0 spiro atoms. The molecule has 1 aromatic carbocycles. The third-order valence-electron chi connectivity index (χ3n) is 5.05. The number of benzene rings is 1. The van der Waals surface area contributed by atoms with E-state index in [0.717, 1.165) is 32.4 Å². The van der Waals surface area contributed by atoms with Crippen molar-refractivity contribution in [2.45, 2.75) is 38.5 Å². The van der Waals surface area contributed by atoms with E-state index in [1.807, 2.05) is 12.1 Å². The number of nitrogens with one attached hydrogen (secondary N) is 3. The maximum Gasteiger partial charge on any atom is 0.251 e. The highest BCUT2D eigenvalue weighted by atomic mass is 32.1. The van der Waals surface area contributed by atoms with Crippen molar-refractivity contribution < 1.29 is 9.59 Å². The molecule has 2 amide bonds. The van der Waals surface area contributed by atoms with E-state index in [2.05, 4.69) is 27.4 Å². The highest BCUT2D eigenvalue weighted by molar-refractivity contribution is 7.09. The molecule has 1 saturated heterocycles. The van der Waals surface area contributed by atoms with Gasteiger partial charge in [-0.15, -0.1) is 11.3 Å². The van der Waals surface area contributed by atoms with E-state index in [0.29, 0.717) is 30.1 Å². The molecule has 0 radical (unpaired) electrons. The minimum absolute atomic E-state index is 0.0149. The minimum Gasteiger partial charge on any atom is -0.352 e. The molecule has 1 unspecified atom stereocenters.